The molecular formula is C11H20N4O2. The first-order valence-electron chi connectivity index (χ1n) is 5.86. The normalized spacial score (nSPS) is 10.7. The molecule has 1 aromatic heterocycles. The van der Waals surface area contributed by atoms with Crippen LogP contribution >= 0.6 is 0 Å². The Morgan fingerprint density at radius 2 is 2.41 bits per heavy atom. The topological polar surface area (TPSA) is 69.0 Å². The number of carbonyl (C=O) groups is 1. The van der Waals surface area contributed by atoms with Crippen LogP contribution in [0, 0.1) is 0 Å². The fraction of sp³-hybridized carbons (Fsp3) is 0.727. The van der Waals surface area contributed by atoms with E-state index in [0.717, 1.165) is 18.8 Å². The number of aryl methyl sites for hydroxylation is 1. The SMILES string of the molecule is CCCn1ncnc1CC(=O)CNCCOC. The summed E-state index contributed by atoms with van der Waals surface area (Å²) >= 11 is 0. The van der Waals surface area contributed by atoms with Crippen molar-refractivity contribution in [3.63, 3.8) is 0 Å². The van der Waals surface area contributed by atoms with E-state index in [1.54, 1.807) is 11.8 Å². The van der Waals surface area contributed by atoms with Gasteiger partial charge < -0.3 is 10.1 Å². The predicted molar refractivity (Wildman–Crippen MR) is 63.8 cm³/mol. The molecule has 0 aliphatic carbocycles. The second-order valence-corrected chi connectivity index (χ2v) is 3.78. The summed E-state index contributed by atoms with van der Waals surface area (Å²) in [5.74, 6) is 0.858. The minimum Gasteiger partial charge on any atom is -0.383 e. The zero-order chi connectivity index (χ0) is 12.5. The van der Waals surface area contributed by atoms with Crippen molar-refractivity contribution in [3.05, 3.63) is 12.2 Å². The number of aromatic nitrogens is 3. The van der Waals surface area contributed by atoms with Crippen molar-refractivity contribution in [2.24, 2.45) is 0 Å². The molecule has 1 heterocycles. The van der Waals surface area contributed by atoms with Crippen LogP contribution in [0.2, 0.25) is 0 Å². The van der Waals surface area contributed by atoms with Gasteiger partial charge in [-0.3, -0.25) is 4.79 Å². The van der Waals surface area contributed by atoms with Crippen molar-refractivity contribution >= 4 is 5.78 Å². The molecule has 0 bridgehead atoms. The van der Waals surface area contributed by atoms with Gasteiger partial charge in [0.2, 0.25) is 0 Å². The molecule has 0 radical (unpaired) electrons. The number of Topliss-reactive ketones (excluding diaryl/α,β-unsaturated/α-hetero) is 1. The minimum atomic E-state index is 0.117. The maximum atomic E-state index is 11.6. The molecule has 0 aromatic carbocycles. The molecule has 1 aromatic rings. The van der Waals surface area contributed by atoms with E-state index in [9.17, 15) is 4.79 Å². The van der Waals surface area contributed by atoms with Gasteiger partial charge in [0, 0.05) is 20.2 Å². The molecule has 0 aliphatic rings. The molecule has 1 N–H and O–H groups in total. The van der Waals surface area contributed by atoms with E-state index in [0.29, 0.717) is 26.1 Å². The summed E-state index contributed by atoms with van der Waals surface area (Å²) in [4.78, 5) is 15.7. The smallest absolute Gasteiger partial charge is 0.154 e. The highest BCUT2D eigenvalue weighted by Gasteiger charge is 2.09. The highest BCUT2D eigenvalue weighted by Crippen LogP contribution is 1.97. The maximum Gasteiger partial charge on any atom is 0.154 e. The Kier molecular flexibility index (Phi) is 6.42. The van der Waals surface area contributed by atoms with Crippen LogP contribution in [0.1, 0.15) is 19.2 Å². The van der Waals surface area contributed by atoms with Crippen LogP contribution in [-0.4, -0.2) is 47.4 Å². The Morgan fingerprint density at radius 3 is 3.12 bits per heavy atom. The van der Waals surface area contributed by atoms with Gasteiger partial charge in [0.1, 0.15) is 12.2 Å². The monoisotopic (exact) mass is 240 g/mol. The summed E-state index contributed by atoms with van der Waals surface area (Å²) in [5.41, 5.74) is 0. The molecule has 0 fully saturated rings. The largest absolute Gasteiger partial charge is 0.383 e. The third-order valence-electron chi connectivity index (χ3n) is 2.29. The standard InChI is InChI=1S/C11H20N4O2/c1-3-5-15-11(13-9-14-15)7-10(16)8-12-4-6-17-2/h9,12H,3-8H2,1-2H3. The van der Waals surface area contributed by atoms with Crippen molar-refractivity contribution in [1.82, 2.24) is 20.1 Å². The van der Waals surface area contributed by atoms with Crippen LogP contribution in [0.3, 0.4) is 0 Å². The van der Waals surface area contributed by atoms with Crippen molar-refractivity contribution in [1.29, 1.82) is 0 Å². The lowest BCUT2D eigenvalue weighted by Crippen LogP contribution is -2.28. The minimum absolute atomic E-state index is 0.117. The summed E-state index contributed by atoms with van der Waals surface area (Å²) in [7, 11) is 1.64. The van der Waals surface area contributed by atoms with Gasteiger partial charge in [-0.05, 0) is 6.42 Å². The summed E-state index contributed by atoms with van der Waals surface area (Å²) in [5, 5.41) is 7.10. The number of hydrogen-bond donors (Lipinski definition) is 1. The average Bonchev–Trinajstić information content (AvgIpc) is 2.73. The molecule has 0 saturated heterocycles. The van der Waals surface area contributed by atoms with Gasteiger partial charge in [-0.2, -0.15) is 5.10 Å². The van der Waals surface area contributed by atoms with Crippen LogP contribution in [-0.2, 0) is 22.5 Å². The van der Waals surface area contributed by atoms with E-state index >= 15 is 0 Å². The number of rotatable bonds is 9. The Balaban J connectivity index is 2.31. The maximum absolute atomic E-state index is 11.6. The predicted octanol–water partition coefficient (Wildman–Crippen LogP) is 0.0357. The second-order valence-electron chi connectivity index (χ2n) is 3.78. The zero-order valence-electron chi connectivity index (χ0n) is 10.5. The molecule has 0 atom stereocenters. The van der Waals surface area contributed by atoms with E-state index in [4.69, 9.17) is 4.74 Å². The Morgan fingerprint density at radius 1 is 1.59 bits per heavy atom. The van der Waals surface area contributed by atoms with E-state index < -0.39 is 0 Å². The lowest BCUT2D eigenvalue weighted by molar-refractivity contribution is -0.117. The molecule has 6 nitrogen and oxygen atoms in total. The van der Waals surface area contributed by atoms with Crippen molar-refractivity contribution < 1.29 is 9.53 Å². The molecule has 17 heavy (non-hydrogen) atoms. The molecule has 0 saturated carbocycles. The summed E-state index contributed by atoms with van der Waals surface area (Å²) in [6, 6.07) is 0. The van der Waals surface area contributed by atoms with E-state index in [1.165, 1.54) is 6.33 Å². The Labute approximate surface area is 101 Å². The Hall–Kier alpha value is -1.27. The van der Waals surface area contributed by atoms with E-state index in [2.05, 4.69) is 22.3 Å². The van der Waals surface area contributed by atoms with Gasteiger partial charge in [-0.15, -0.1) is 0 Å². The van der Waals surface area contributed by atoms with Crippen molar-refractivity contribution in [3.8, 4) is 0 Å². The second kappa shape index (κ2) is 7.92. The molecular weight excluding hydrogens is 220 g/mol. The molecule has 0 unspecified atom stereocenters. The first-order chi connectivity index (χ1) is 8.27. The van der Waals surface area contributed by atoms with Gasteiger partial charge in [-0.1, -0.05) is 6.92 Å². The number of nitrogens with zero attached hydrogens (tertiary/aromatic N) is 3. The lowest BCUT2D eigenvalue weighted by Gasteiger charge is -2.05. The number of hydrogen-bond acceptors (Lipinski definition) is 5. The van der Waals surface area contributed by atoms with Gasteiger partial charge >= 0.3 is 0 Å². The van der Waals surface area contributed by atoms with Crippen LogP contribution in [0.5, 0.6) is 0 Å². The van der Waals surface area contributed by atoms with E-state index in [-0.39, 0.29) is 5.78 Å². The number of ketones is 1. The average molecular weight is 240 g/mol. The van der Waals surface area contributed by atoms with Gasteiger partial charge in [0.25, 0.3) is 0 Å². The van der Waals surface area contributed by atoms with Crippen LogP contribution in [0.4, 0.5) is 0 Å². The molecule has 0 aliphatic heterocycles. The van der Waals surface area contributed by atoms with Crippen LogP contribution in [0.15, 0.2) is 6.33 Å². The number of nitrogens with one attached hydrogen (secondary N) is 1. The van der Waals surface area contributed by atoms with Gasteiger partial charge in [0.05, 0.1) is 19.6 Å². The third-order valence-corrected chi connectivity index (χ3v) is 2.29. The van der Waals surface area contributed by atoms with Crippen molar-refractivity contribution in [2.45, 2.75) is 26.3 Å². The van der Waals surface area contributed by atoms with Crippen molar-refractivity contribution in [2.75, 3.05) is 26.8 Å². The summed E-state index contributed by atoms with van der Waals surface area (Å²) in [6.45, 7) is 4.52. The fourth-order valence-corrected chi connectivity index (χ4v) is 1.46. The first-order valence-corrected chi connectivity index (χ1v) is 5.86. The Bertz CT molecular complexity index is 338. The molecule has 0 amide bonds. The first kappa shape index (κ1) is 13.8. The van der Waals surface area contributed by atoms with Crippen LogP contribution in [0.25, 0.3) is 0 Å². The molecule has 1 rings (SSSR count). The fourth-order valence-electron chi connectivity index (χ4n) is 1.46. The number of ether oxygens (including phenoxy) is 1. The summed E-state index contributed by atoms with van der Waals surface area (Å²) in [6.07, 6.45) is 2.81. The third kappa shape index (κ3) is 5.06. The van der Waals surface area contributed by atoms with E-state index in [1.807, 2.05) is 0 Å². The van der Waals surface area contributed by atoms with Crippen LogP contribution < -0.4 is 5.32 Å². The number of methoxy groups -OCH3 is 1. The molecule has 0 spiro atoms. The lowest BCUT2D eigenvalue weighted by atomic mass is 10.2. The highest BCUT2D eigenvalue weighted by atomic mass is 16.5. The molecule has 6 heteroatoms. The van der Waals surface area contributed by atoms with Gasteiger partial charge in [-0.25, -0.2) is 9.67 Å². The quantitative estimate of drug-likeness (QED) is 0.617. The summed E-state index contributed by atoms with van der Waals surface area (Å²) < 4.78 is 6.67. The van der Waals surface area contributed by atoms with Gasteiger partial charge in [0.15, 0.2) is 5.78 Å². The number of carbonyl (C=O) groups excluding carboxylic acids is 1. The molecule has 96 valence electrons. The highest BCUT2D eigenvalue weighted by molar-refractivity contribution is 5.82. The zero-order valence-corrected chi connectivity index (χ0v) is 10.5.